The third kappa shape index (κ3) is 3.93. The van der Waals surface area contributed by atoms with E-state index in [0.29, 0.717) is 23.7 Å². The number of rotatable bonds is 5. The fourth-order valence-corrected chi connectivity index (χ4v) is 3.21. The average molecular weight is 405 g/mol. The predicted octanol–water partition coefficient (Wildman–Crippen LogP) is 3.77. The number of aryl methyl sites for hydroxylation is 1. The number of fused-ring (bicyclic) bond motifs is 1. The zero-order valence-corrected chi connectivity index (χ0v) is 16.5. The van der Waals surface area contributed by atoms with E-state index in [9.17, 15) is 14.3 Å². The van der Waals surface area contributed by atoms with Crippen LogP contribution in [0.4, 0.5) is 15.9 Å². The highest BCUT2D eigenvalue weighted by Crippen LogP contribution is 2.21. The van der Waals surface area contributed by atoms with E-state index in [1.165, 1.54) is 35.0 Å². The topological polar surface area (TPSA) is 82.8 Å². The number of phenols is 1. The number of carbonyl (C=O) groups excluding carboxylic acids is 1. The number of nitrogens with zero attached hydrogens (tertiary/aromatic N) is 4. The van der Waals surface area contributed by atoms with Gasteiger partial charge in [0, 0.05) is 19.3 Å². The van der Waals surface area contributed by atoms with Crippen LogP contribution in [0.25, 0.3) is 5.65 Å². The van der Waals surface area contributed by atoms with Crippen LogP contribution in [0.1, 0.15) is 21.6 Å². The number of aromatic nitrogens is 3. The zero-order valence-electron chi connectivity index (χ0n) is 16.5. The van der Waals surface area contributed by atoms with Gasteiger partial charge in [-0.3, -0.25) is 4.79 Å². The lowest BCUT2D eigenvalue weighted by Gasteiger charge is -2.20. The average Bonchev–Trinajstić information content (AvgIpc) is 3.13. The maximum atomic E-state index is 13.2. The van der Waals surface area contributed by atoms with Crippen LogP contribution < -0.4 is 10.2 Å². The van der Waals surface area contributed by atoms with E-state index >= 15 is 0 Å². The molecule has 2 aromatic heterocycles. The van der Waals surface area contributed by atoms with Gasteiger partial charge in [0.25, 0.3) is 5.91 Å². The number of anilines is 2. The molecule has 0 atom stereocenters. The molecule has 4 rings (SSSR count). The first kappa shape index (κ1) is 19.4. The lowest BCUT2D eigenvalue weighted by molar-refractivity contribution is 0.102. The molecule has 2 aromatic carbocycles. The van der Waals surface area contributed by atoms with Crippen molar-refractivity contribution in [3.8, 4) is 5.75 Å². The van der Waals surface area contributed by atoms with Crippen LogP contribution in [0.3, 0.4) is 0 Å². The molecular weight excluding hydrogens is 385 g/mol. The molecule has 7 nitrogen and oxygen atoms in total. The van der Waals surface area contributed by atoms with Gasteiger partial charge in [0.2, 0.25) is 0 Å². The smallest absolute Gasteiger partial charge is 0.276 e. The van der Waals surface area contributed by atoms with Crippen LogP contribution in [-0.2, 0) is 6.54 Å². The molecule has 4 aromatic rings. The maximum absolute atomic E-state index is 13.2. The molecule has 0 saturated carbocycles. The fourth-order valence-electron chi connectivity index (χ4n) is 3.21. The van der Waals surface area contributed by atoms with Gasteiger partial charge < -0.3 is 15.3 Å². The normalized spacial score (nSPS) is 10.9. The van der Waals surface area contributed by atoms with Gasteiger partial charge in [-0.25, -0.2) is 13.9 Å². The minimum absolute atomic E-state index is 0.119. The summed E-state index contributed by atoms with van der Waals surface area (Å²) in [5.74, 6) is 0.161. The molecule has 0 unspecified atom stereocenters. The Bertz CT molecular complexity index is 1200. The van der Waals surface area contributed by atoms with Gasteiger partial charge in [-0.05, 0) is 60.5 Å². The summed E-state index contributed by atoms with van der Waals surface area (Å²) in [5, 5.41) is 16.8. The van der Waals surface area contributed by atoms with Gasteiger partial charge in [0.1, 0.15) is 11.6 Å². The first-order valence-corrected chi connectivity index (χ1v) is 9.32. The summed E-state index contributed by atoms with van der Waals surface area (Å²) < 4.78 is 14.7. The van der Waals surface area contributed by atoms with Crippen LogP contribution in [0.2, 0.25) is 0 Å². The zero-order chi connectivity index (χ0) is 21.3. The Labute approximate surface area is 172 Å². The van der Waals surface area contributed by atoms with Crippen LogP contribution >= 0.6 is 0 Å². The van der Waals surface area contributed by atoms with Crippen LogP contribution in [0, 0.1) is 12.7 Å². The highest BCUT2D eigenvalue weighted by atomic mass is 19.1. The van der Waals surface area contributed by atoms with Crippen LogP contribution in [-0.4, -0.2) is 32.7 Å². The van der Waals surface area contributed by atoms with E-state index in [2.05, 4.69) is 15.4 Å². The number of carbonyl (C=O) groups is 1. The van der Waals surface area contributed by atoms with Gasteiger partial charge in [0.05, 0.1) is 6.20 Å². The highest BCUT2D eigenvalue weighted by Gasteiger charge is 2.17. The quantitative estimate of drug-likeness (QED) is 0.494. The van der Waals surface area contributed by atoms with Crippen molar-refractivity contribution in [2.75, 3.05) is 17.3 Å². The van der Waals surface area contributed by atoms with E-state index in [1.54, 1.807) is 24.3 Å². The second-order valence-electron chi connectivity index (χ2n) is 7.05. The number of hydrogen-bond donors (Lipinski definition) is 2. The van der Waals surface area contributed by atoms with Crippen LogP contribution in [0.15, 0.2) is 60.8 Å². The second kappa shape index (κ2) is 7.82. The Morgan fingerprint density at radius 3 is 2.57 bits per heavy atom. The molecule has 0 bridgehead atoms. The lowest BCUT2D eigenvalue weighted by atomic mass is 10.2. The van der Waals surface area contributed by atoms with Crippen molar-refractivity contribution in [3.05, 3.63) is 83.4 Å². The SMILES string of the molecule is Cc1cc2ncc(C(=O)Nc3ccc(O)cc3)n2nc1N(C)Cc1ccc(F)cc1. The van der Waals surface area contributed by atoms with E-state index in [4.69, 9.17) is 0 Å². The van der Waals surface area contributed by atoms with Gasteiger partial charge in [0.15, 0.2) is 17.2 Å². The van der Waals surface area contributed by atoms with Crippen molar-refractivity contribution in [2.45, 2.75) is 13.5 Å². The fraction of sp³-hybridized carbons (Fsp3) is 0.136. The maximum Gasteiger partial charge on any atom is 0.276 e. The third-order valence-electron chi connectivity index (χ3n) is 4.71. The summed E-state index contributed by atoms with van der Waals surface area (Å²) in [7, 11) is 1.89. The number of nitrogens with one attached hydrogen (secondary N) is 1. The monoisotopic (exact) mass is 405 g/mol. The molecule has 0 aliphatic carbocycles. The van der Waals surface area contributed by atoms with E-state index in [0.717, 1.165) is 11.1 Å². The summed E-state index contributed by atoms with van der Waals surface area (Å²) in [5.41, 5.74) is 3.24. The number of halogens is 1. The van der Waals surface area contributed by atoms with Gasteiger partial charge in [-0.15, -0.1) is 5.10 Å². The Hall–Kier alpha value is -3.94. The number of amides is 1. The minimum atomic E-state index is -0.364. The first-order chi connectivity index (χ1) is 14.4. The molecule has 1 amide bonds. The number of benzene rings is 2. The highest BCUT2D eigenvalue weighted by molar-refractivity contribution is 6.03. The van der Waals surface area contributed by atoms with Crippen molar-refractivity contribution < 1.29 is 14.3 Å². The van der Waals surface area contributed by atoms with Crippen LogP contribution in [0.5, 0.6) is 5.75 Å². The van der Waals surface area contributed by atoms with Crippen molar-refractivity contribution in [1.82, 2.24) is 14.6 Å². The number of imidazole rings is 1. The van der Waals surface area contributed by atoms with Crippen molar-refractivity contribution in [1.29, 1.82) is 0 Å². The first-order valence-electron chi connectivity index (χ1n) is 9.32. The number of aromatic hydroxyl groups is 1. The molecule has 152 valence electrons. The standard InChI is InChI=1S/C22H20FN5O2/c1-14-11-20-24-12-19(22(30)25-17-7-9-18(29)10-8-17)28(20)26-21(14)27(2)13-15-3-5-16(23)6-4-15/h3-12,29H,13H2,1-2H3,(H,25,30). The number of hydrogen-bond acceptors (Lipinski definition) is 5. The Morgan fingerprint density at radius 1 is 1.17 bits per heavy atom. The van der Waals surface area contributed by atoms with Crippen molar-refractivity contribution in [2.24, 2.45) is 0 Å². The second-order valence-corrected chi connectivity index (χ2v) is 7.05. The van der Waals surface area contributed by atoms with E-state index < -0.39 is 0 Å². The van der Waals surface area contributed by atoms with E-state index in [1.807, 2.05) is 24.9 Å². The number of phenolic OH excluding ortho intramolecular Hbond substituents is 1. The Balaban J connectivity index is 1.62. The lowest BCUT2D eigenvalue weighted by Crippen LogP contribution is -2.21. The van der Waals surface area contributed by atoms with Gasteiger partial charge >= 0.3 is 0 Å². The van der Waals surface area contributed by atoms with Crippen molar-refractivity contribution >= 4 is 23.1 Å². The molecule has 0 aliphatic rings. The molecule has 2 heterocycles. The summed E-state index contributed by atoms with van der Waals surface area (Å²) >= 11 is 0. The van der Waals surface area contributed by atoms with Gasteiger partial charge in [-0.1, -0.05) is 12.1 Å². The molecule has 0 radical (unpaired) electrons. The van der Waals surface area contributed by atoms with Gasteiger partial charge in [-0.2, -0.15) is 0 Å². The molecule has 30 heavy (non-hydrogen) atoms. The summed E-state index contributed by atoms with van der Waals surface area (Å²) in [6.07, 6.45) is 1.47. The Morgan fingerprint density at radius 2 is 1.87 bits per heavy atom. The van der Waals surface area contributed by atoms with Crippen molar-refractivity contribution in [3.63, 3.8) is 0 Å². The predicted molar refractivity (Wildman–Crippen MR) is 112 cm³/mol. The molecule has 8 heteroatoms. The summed E-state index contributed by atoms with van der Waals surface area (Å²) in [6.45, 7) is 2.46. The largest absolute Gasteiger partial charge is 0.508 e. The molecule has 0 saturated heterocycles. The summed E-state index contributed by atoms with van der Waals surface area (Å²) in [6, 6.07) is 14.4. The minimum Gasteiger partial charge on any atom is -0.508 e. The molecule has 2 N–H and O–H groups in total. The molecule has 0 aliphatic heterocycles. The molecule has 0 fully saturated rings. The Kier molecular flexibility index (Phi) is 5.05. The molecular formula is C22H20FN5O2. The summed E-state index contributed by atoms with van der Waals surface area (Å²) in [4.78, 5) is 19.0. The molecule has 0 spiro atoms. The third-order valence-corrected chi connectivity index (χ3v) is 4.71. The van der Waals surface area contributed by atoms with E-state index in [-0.39, 0.29) is 23.2 Å².